The zero-order valence-corrected chi connectivity index (χ0v) is 11.9. The van der Waals surface area contributed by atoms with Crippen molar-refractivity contribution in [1.29, 1.82) is 0 Å². The SMILES string of the molecule is CN(C)c1ccc(C(CCS(C)(=O)=O)NN)cc1. The molecule has 18 heavy (non-hydrogen) atoms. The monoisotopic (exact) mass is 271 g/mol. The molecular formula is C12H21N3O2S. The van der Waals surface area contributed by atoms with Crippen LogP contribution in [0.2, 0.25) is 0 Å². The van der Waals surface area contributed by atoms with Crippen LogP contribution >= 0.6 is 0 Å². The Morgan fingerprint density at radius 3 is 2.22 bits per heavy atom. The molecule has 0 heterocycles. The summed E-state index contributed by atoms with van der Waals surface area (Å²) in [4.78, 5) is 2.01. The second-order valence-corrected chi connectivity index (χ2v) is 6.88. The normalized spacial score (nSPS) is 13.3. The van der Waals surface area contributed by atoms with Crippen LogP contribution in [0.4, 0.5) is 5.69 Å². The van der Waals surface area contributed by atoms with Gasteiger partial charge >= 0.3 is 0 Å². The van der Waals surface area contributed by atoms with Gasteiger partial charge in [0, 0.05) is 32.1 Å². The Kier molecular flexibility index (Phi) is 5.13. The molecule has 6 heteroatoms. The van der Waals surface area contributed by atoms with Crippen molar-refractivity contribution in [1.82, 2.24) is 5.43 Å². The van der Waals surface area contributed by atoms with Crippen molar-refractivity contribution in [2.45, 2.75) is 12.5 Å². The van der Waals surface area contributed by atoms with Gasteiger partial charge in [-0.15, -0.1) is 0 Å². The summed E-state index contributed by atoms with van der Waals surface area (Å²) in [6, 6.07) is 7.75. The zero-order valence-electron chi connectivity index (χ0n) is 11.1. The molecule has 0 amide bonds. The largest absolute Gasteiger partial charge is 0.378 e. The van der Waals surface area contributed by atoms with Gasteiger partial charge in [-0.05, 0) is 24.1 Å². The molecule has 0 saturated heterocycles. The van der Waals surface area contributed by atoms with Gasteiger partial charge in [-0.2, -0.15) is 0 Å². The molecule has 0 aromatic heterocycles. The second kappa shape index (κ2) is 6.17. The lowest BCUT2D eigenvalue weighted by Crippen LogP contribution is -2.29. The first-order chi connectivity index (χ1) is 8.33. The van der Waals surface area contributed by atoms with Crippen LogP contribution in [0.15, 0.2) is 24.3 Å². The van der Waals surface area contributed by atoms with Gasteiger partial charge in [-0.25, -0.2) is 8.42 Å². The van der Waals surface area contributed by atoms with Crippen molar-refractivity contribution in [3.05, 3.63) is 29.8 Å². The fraction of sp³-hybridized carbons (Fsp3) is 0.500. The smallest absolute Gasteiger partial charge is 0.147 e. The Hall–Kier alpha value is -1.11. The molecular weight excluding hydrogens is 250 g/mol. The minimum absolute atomic E-state index is 0.122. The molecule has 0 aliphatic heterocycles. The van der Waals surface area contributed by atoms with E-state index in [1.807, 2.05) is 43.3 Å². The zero-order chi connectivity index (χ0) is 13.8. The van der Waals surface area contributed by atoms with Gasteiger partial charge in [0.15, 0.2) is 0 Å². The van der Waals surface area contributed by atoms with Crippen molar-refractivity contribution in [2.24, 2.45) is 5.84 Å². The summed E-state index contributed by atoms with van der Waals surface area (Å²) in [5, 5.41) is 0. The Balaban J connectivity index is 2.76. The lowest BCUT2D eigenvalue weighted by molar-refractivity contribution is 0.531. The van der Waals surface area contributed by atoms with Crippen LogP contribution < -0.4 is 16.2 Å². The highest BCUT2D eigenvalue weighted by atomic mass is 32.2. The van der Waals surface area contributed by atoms with Crippen LogP contribution in [0, 0.1) is 0 Å². The van der Waals surface area contributed by atoms with Crippen LogP contribution in [-0.4, -0.2) is 34.5 Å². The molecule has 0 saturated carbocycles. The van der Waals surface area contributed by atoms with E-state index >= 15 is 0 Å². The Labute approximate surface area is 109 Å². The maximum absolute atomic E-state index is 11.2. The number of rotatable bonds is 6. The quantitative estimate of drug-likeness (QED) is 0.588. The first-order valence-corrected chi connectivity index (χ1v) is 7.80. The fourth-order valence-electron chi connectivity index (χ4n) is 1.68. The van der Waals surface area contributed by atoms with Gasteiger partial charge in [0.1, 0.15) is 9.84 Å². The maximum atomic E-state index is 11.2. The number of nitrogens with one attached hydrogen (secondary N) is 1. The van der Waals surface area contributed by atoms with Crippen LogP contribution in [0.1, 0.15) is 18.0 Å². The highest BCUT2D eigenvalue weighted by molar-refractivity contribution is 7.90. The predicted molar refractivity (Wildman–Crippen MR) is 75.2 cm³/mol. The van der Waals surface area contributed by atoms with Crippen LogP contribution in [0.5, 0.6) is 0 Å². The van der Waals surface area contributed by atoms with Crippen LogP contribution in [-0.2, 0) is 9.84 Å². The molecule has 3 N–H and O–H groups in total. The summed E-state index contributed by atoms with van der Waals surface area (Å²) >= 11 is 0. The number of nitrogens with two attached hydrogens (primary N) is 1. The third-order valence-electron chi connectivity index (χ3n) is 2.79. The van der Waals surface area contributed by atoms with E-state index in [1.54, 1.807) is 0 Å². The van der Waals surface area contributed by atoms with E-state index in [4.69, 9.17) is 5.84 Å². The number of benzene rings is 1. The highest BCUT2D eigenvalue weighted by Gasteiger charge is 2.13. The third-order valence-corrected chi connectivity index (χ3v) is 3.77. The molecule has 0 aliphatic carbocycles. The number of nitrogens with zero attached hydrogens (tertiary/aromatic N) is 1. The van der Waals surface area contributed by atoms with Gasteiger partial charge in [0.2, 0.25) is 0 Å². The molecule has 1 unspecified atom stereocenters. The molecule has 1 aromatic rings. The maximum Gasteiger partial charge on any atom is 0.147 e. The van der Waals surface area contributed by atoms with Crippen molar-refractivity contribution in [3.63, 3.8) is 0 Å². The van der Waals surface area contributed by atoms with Crippen LogP contribution in [0.25, 0.3) is 0 Å². The van der Waals surface area contributed by atoms with Crippen molar-refractivity contribution >= 4 is 15.5 Å². The molecule has 1 atom stereocenters. The minimum Gasteiger partial charge on any atom is -0.378 e. The molecule has 0 spiro atoms. The average molecular weight is 271 g/mol. The van der Waals surface area contributed by atoms with Gasteiger partial charge in [-0.3, -0.25) is 11.3 Å². The van der Waals surface area contributed by atoms with E-state index in [2.05, 4.69) is 5.43 Å². The van der Waals surface area contributed by atoms with E-state index in [0.29, 0.717) is 6.42 Å². The summed E-state index contributed by atoms with van der Waals surface area (Å²) in [7, 11) is 0.976. The highest BCUT2D eigenvalue weighted by Crippen LogP contribution is 2.20. The lowest BCUT2D eigenvalue weighted by Gasteiger charge is -2.18. The Bertz CT molecular complexity index is 469. The first kappa shape index (κ1) is 14.9. The number of anilines is 1. The van der Waals surface area contributed by atoms with E-state index in [0.717, 1.165) is 11.3 Å². The first-order valence-electron chi connectivity index (χ1n) is 5.74. The predicted octanol–water partition coefficient (Wildman–Crippen LogP) is 0.692. The summed E-state index contributed by atoms with van der Waals surface area (Å²) in [5.74, 6) is 5.60. The average Bonchev–Trinajstić information content (AvgIpc) is 2.29. The summed E-state index contributed by atoms with van der Waals surface area (Å²) < 4.78 is 22.3. The third kappa shape index (κ3) is 4.64. The number of sulfone groups is 1. The standard InChI is InChI=1S/C12H21N3O2S/c1-15(2)11-6-4-10(5-7-11)12(14-13)8-9-18(3,16)17/h4-7,12,14H,8-9,13H2,1-3H3. The second-order valence-electron chi connectivity index (χ2n) is 4.62. The number of hydrogen-bond acceptors (Lipinski definition) is 5. The molecule has 5 nitrogen and oxygen atoms in total. The molecule has 0 fully saturated rings. The lowest BCUT2D eigenvalue weighted by atomic mass is 10.0. The summed E-state index contributed by atoms with van der Waals surface area (Å²) in [6.07, 6.45) is 1.70. The van der Waals surface area contributed by atoms with E-state index in [9.17, 15) is 8.42 Å². The van der Waals surface area contributed by atoms with Crippen molar-refractivity contribution < 1.29 is 8.42 Å². The number of hydrogen-bond donors (Lipinski definition) is 2. The van der Waals surface area contributed by atoms with Crippen molar-refractivity contribution in [2.75, 3.05) is 31.0 Å². The Morgan fingerprint density at radius 2 is 1.83 bits per heavy atom. The summed E-state index contributed by atoms with van der Waals surface area (Å²) in [5.41, 5.74) is 4.75. The fourth-order valence-corrected chi connectivity index (χ4v) is 2.35. The molecule has 0 aliphatic rings. The Morgan fingerprint density at radius 1 is 1.28 bits per heavy atom. The van der Waals surface area contributed by atoms with E-state index < -0.39 is 9.84 Å². The van der Waals surface area contributed by atoms with Gasteiger partial charge in [-0.1, -0.05) is 12.1 Å². The number of hydrazine groups is 1. The minimum atomic E-state index is -2.96. The molecule has 0 radical (unpaired) electrons. The van der Waals surface area contributed by atoms with Gasteiger partial charge in [0.05, 0.1) is 5.75 Å². The van der Waals surface area contributed by atoms with Crippen molar-refractivity contribution in [3.8, 4) is 0 Å². The van der Waals surface area contributed by atoms with Gasteiger partial charge in [0.25, 0.3) is 0 Å². The van der Waals surface area contributed by atoms with Crippen LogP contribution in [0.3, 0.4) is 0 Å². The molecule has 102 valence electrons. The topological polar surface area (TPSA) is 75.4 Å². The molecule has 0 bridgehead atoms. The van der Waals surface area contributed by atoms with E-state index in [1.165, 1.54) is 6.26 Å². The molecule has 1 aromatic carbocycles. The summed E-state index contributed by atoms with van der Waals surface area (Å²) in [6.45, 7) is 0. The van der Waals surface area contributed by atoms with Gasteiger partial charge < -0.3 is 4.90 Å². The van der Waals surface area contributed by atoms with E-state index in [-0.39, 0.29) is 11.8 Å². The molecule has 1 rings (SSSR count).